The highest BCUT2D eigenvalue weighted by Crippen LogP contribution is 2.26. The van der Waals surface area contributed by atoms with Gasteiger partial charge in [0.05, 0.1) is 6.61 Å². The molecule has 2 atom stereocenters. The minimum absolute atomic E-state index is 0.422. The molecule has 1 heterocycles. The van der Waals surface area contributed by atoms with Crippen LogP contribution in [0.25, 0.3) is 0 Å². The molecule has 0 aromatic heterocycles. The molecule has 1 saturated heterocycles. The van der Waals surface area contributed by atoms with Crippen LogP contribution < -0.4 is 5.32 Å². The van der Waals surface area contributed by atoms with Crippen LogP contribution in [0.3, 0.4) is 0 Å². The summed E-state index contributed by atoms with van der Waals surface area (Å²) in [6, 6.07) is 9.25. The third-order valence-corrected chi connectivity index (χ3v) is 4.53. The molecule has 1 aliphatic heterocycles. The fourth-order valence-corrected chi connectivity index (χ4v) is 3.05. The van der Waals surface area contributed by atoms with E-state index in [0.29, 0.717) is 6.04 Å². The first-order chi connectivity index (χ1) is 8.29. The SMILES string of the molecule is CNC(C)c1cccc(SCC2CCOC2)c1. The minimum atomic E-state index is 0.422. The van der Waals surface area contributed by atoms with Crippen molar-refractivity contribution in [3.8, 4) is 0 Å². The Morgan fingerprint density at radius 1 is 1.53 bits per heavy atom. The van der Waals surface area contributed by atoms with Crippen molar-refractivity contribution in [1.29, 1.82) is 0 Å². The molecule has 2 unspecified atom stereocenters. The van der Waals surface area contributed by atoms with Crippen molar-refractivity contribution in [3.05, 3.63) is 29.8 Å². The van der Waals surface area contributed by atoms with E-state index in [1.807, 2.05) is 18.8 Å². The molecule has 1 aromatic rings. The van der Waals surface area contributed by atoms with Crippen molar-refractivity contribution in [1.82, 2.24) is 5.32 Å². The number of ether oxygens (including phenoxy) is 1. The van der Waals surface area contributed by atoms with Crippen LogP contribution in [0.15, 0.2) is 29.2 Å². The number of rotatable bonds is 5. The summed E-state index contributed by atoms with van der Waals surface area (Å²) in [6.45, 7) is 4.08. The number of hydrogen-bond donors (Lipinski definition) is 1. The van der Waals surface area contributed by atoms with Gasteiger partial charge in [0.1, 0.15) is 0 Å². The van der Waals surface area contributed by atoms with E-state index in [1.165, 1.54) is 22.6 Å². The molecule has 2 nitrogen and oxygen atoms in total. The molecule has 1 fully saturated rings. The second-order valence-corrected chi connectivity index (χ2v) is 5.72. The lowest BCUT2D eigenvalue weighted by atomic mass is 10.1. The molecule has 3 heteroatoms. The van der Waals surface area contributed by atoms with Gasteiger partial charge in [-0.3, -0.25) is 0 Å². The fourth-order valence-electron chi connectivity index (χ4n) is 1.97. The highest BCUT2D eigenvalue weighted by Gasteiger charge is 2.15. The molecule has 0 spiro atoms. The van der Waals surface area contributed by atoms with Crippen molar-refractivity contribution in [2.75, 3.05) is 26.0 Å². The van der Waals surface area contributed by atoms with Crippen LogP contribution in [0.4, 0.5) is 0 Å². The molecule has 0 saturated carbocycles. The first-order valence-electron chi connectivity index (χ1n) is 6.27. The van der Waals surface area contributed by atoms with Crippen molar-refractivity contribution in [3.63, 3.8) is 0 Å². The van der Waals surface area contributed by atoms with Crippen LogP contribution in [0.1, 0.15) is 24.9 Å². The highest BCUT2D eigenvalue weighted by molar-refractivity contribution is 7.99. The Balaban J connectivity index is 1.91. The molecule has 1 aliphatic rings. The van der Waals surface area contributed by atoms with Crippen molar-refractivity contribution >= 4 is 11.8 Å². The monoisotopic (exact) mass is 251 g/mol. The Morgan fingerprint density at radius 3 is 3.12 bits per heavy atom. The van der Waals surface area contributed by atoms with E-state index in [4.69, 9.17) is 4.74 Å². The van der Waals surface area contributed by atoms with Gasteiger partial charge >= 0.3 is 0 Å². The van der Waals surface area contributed by atoms with Gasteiger partial charge in [0, 0.05) is 23.3 Å². The maximum absolute atomic E-state index is 5.40. The van der Waals surface area contributed by atoms with Gasteiger partial charge in [0.15, 0.2) is 0 Å². The minimum Gasteiger partial charge on any atom is -0.381 e. The Hall–Kier alpha value is -0.510. The quantitative estimate of drug-likeness (QED) is 0.813. The maximum Gasteiger partial charge on any atom is 0.0503 e. The fraction of sp³-hybridized carbons (Fsp3) is 0.571. The van der Waals surface area contributed by atoms with E-state index >= 15 is 0 Å². The van der Waals surface area contributed by atoms with Crippen LogP contribution in [0.2, 0.25) is 0 Å². The summed E-state index contributed by atoms with van der Waals surface area (Å²) in [6.07, 6.45) is 1.22. The van der Waals surface area contributed by atoms with Gasteiger partial charge in [-0.15, -0.1) is 11.8 Å². The number of hydrogen-bond acceptors (Lipinski definition) is 3. The van der Waals surface area contributed by atoms with Crippen LogP contribution in [-0.4, -0.2) is 26.0 Å². The van der Waals surface area contributed by atoms with Crippen molar-refractivity contribution in [2.24, 2.45) is 5.92 Å². The lowest BCUT2D eigenvalue weighted by Crippen LogP contribution is -2.12. The molecule has 2 rings (SSSR count). The largest absolute Gasteiger partial charge is 0.381 e. The average Bonchev–Trinajstić information content (AvgIpc) is 2.89. The van der Waals surface area contributed by atoms with E-state index in [9.17, 15) is 0 Å². The van der Waals surface area contributed by atoms with Gasteiger partial charge in [-0.1, -0.05) is 12.1 Å². The standard InChI is InChI=1S/C14H21NOS/c1-11(15-2)13-4-3-5-14(8-13)17-10-12-6-7-16-9-12/h3-5,8,11-12,15H,6-7,9-10H2,1-2H3. The molecule has 0 amide bonds. The van der Waals surface area contributed by atoms with E-state index in [1.54, 1.807) is 0 Å². The predicted octanol–water partition coefficient (Wildman–Crippen LogP) is 3.10. The zero-order valence-electron chi connectivity index (χ0n) is 10.6. The van der Waals surface area contributed by atoms with Crippen LogP contribution in [-0.2, 0) is 4.74 Å². The van der Waals surface area contributed by atoms with Crippen LogP contribution in [0, 0.1) is 5.92 Å². The summed E-state index contributed by atoms with van der Waals surface area (Å²) in [7, 11) is 2.00. The summed E-state index contributed by atoms with van der Waals surface area (Å²) >= 11 is 1.95. The van der Waals surface area contributed by atoms with E-state index in [0.717, 1.165) is 19.1 Å². The molecule has 0 aliphatic carbocycles. The molecule has 0 bridgehead atoms. The van der Waals surface area contributed by atoms with E-state index < -0.39 is 0 Å². The van der Waals surface area contributed by atoms with Gasteiger partial charge in [0.2, 0.25) is 0 Å². The third kappa shape index (κ3) is 3.73. The summed E-state index contributed by atoms with van der Waals surface area (Å²) in [5.41, 5.74) is 1.36. The molecule has 94 valence electrons. The maximum atomic E-state index is 5.40. The van der Waals surface area contributed by atoms with E-state index in [-0.39, 0.29) is 0 Å². The first kappa shape index (κ1) is 12.9. The van der Waals surface area contributed by atoms with Crippen LogP contribution >= 0.6 is 11.8 Å². The molecule has 0 radical (unpaired) electrons. The lowest BCUT2D eigenvalue weighted by molar-refractivity contribution is 0.189. The predicted molar refractivity (Wildman–Crippen MR) is 73.6 cm³/mol. The van der Waals surface area contributed by atoms with Gasteiger partial charge in [-0.05, 0) is 44.0 Å². The Kier molecular flexibility index (Phi) is 4.89. The van der Waals surface area contributed by atoms with Gasteiger partial charge < -0.3 is 10.1 Å². The second-order valence-electron chi connectivity index (χ2n) is 4.62. The zero-order chi connectivity index (χ0) is 12.1. The molecule has 1 N–H and O–H groups in total. The highest BCUT2D eigenvalue weighted by atomic mass is 32.2. The topological polar surface area (TPSA) is 21.3 Å². The van der Waals surface area contributed by atoms with Crippen LogP contribution in [0.5, 0.6) is 0 Å². The molecular weight excluding hydrogens is 230 g/mol. The van der Waals surface area contributed by atoms with Gasteiger partial charge in [-0.25, -0.2) is 0 Å². The Bertz CT molecular complexity index is 350. The lowest BCUT2D eigenvalue weighted by Gasteiger charge is -2.12. The Morgan fingerprint density at radius 2 is 2.41 bits per heavy atom. The average molecular weight is 251 g/mol. The Labute approximate surface area is 108 Å². The molecule has 17 heavy (non-hydrogen) atoms. The molecular formula is C14H21NOS. The van der Waals surface area contributed by atoms with Crippen molar-refractivity contribution < 1.29 is 4.74 Å². The summed E-state index contributed by atoms with van der Waals surface area (Å²) in [5.74, 6) is 1.92. The third-order valence-electron chi connectivity index (χ3n) is 3.30. The van der Waals surface area contributed by atoms with E-state index in [2.05, 4.69) is 36.5 Å². The molecule has 1 aromatic carbocycles. The second kappa shape index (κ2) is 6.43. The zero-order valence-corrected chi connectivity index (χ0v) is 11.4. The van der Waals surface area contributed by atoms with Gasteiger partial charge in [0.25, 0.3) is 0 Å². The smallest absolute Gasteiger partial charge is 0.0503 e. The number of benzene rings is 1. The normalized spacial score (nSPS) is 21.6. The summed E-state index contributed by atoms with van der Waals surface area (Å²) < 4.78 is 5.40. The summed E-state index contributed by atoms with van der Waals surface area (Å²) in [4.78, 5) is 1.37. The summed E-state index contributed by atoms with van der Waals surface area (Å²) in [5, 5.41) is 3.28. The number of nitrogens with one attached hydrogen (secondary N) is 1. The van der Waals surface area contributed by atoms with Crippen molar-refractivity contribution in [2.45, 2.75) is 24.3 Å². The number of thioether (sulfide) groups is 1. The first-order valence-corrected chi connectivity index (χ1v) is 7.26. The van der Waals surface area contributed by atoms with Gasteiger partial charge in [-0.2, -0.15) is 0 Å².